The predicted molar refractivity (Wildman–Crippen MR) is 83.0 cm³/mol. The third-order valence-electron chi connectivity index (χ3n) is 3.25. The first-order valence-corrected chi connectivity index (χ1v) is 6.81. The minimum absolute atomic E-state index is 0.192. The maximum absolute atomic E-state index is 12.2. The molecule has 19 heavy (non-hydrogen) atoms. The lowest BCUT2D eigenvalue weighted by molar-refractivity contribution is 0.0982. The molecule has 0 fully saturated rings. The third kappa shape index (κ3) is 3.36. The van der Waals surface area contributed by atoms with Gasteiger partial charge < -0.3 is 0 Å². The summed E-state index contributed by atoms with van der Waals surface area (Å²) in [6.45, 7) is 1.97. The molecule has 0 saturated carbocycles. The van der Waals surface area contributed by atoms with Crippen molar-refractivity contribution in [1.82, 2.24) is 0 Å². The number of hydrogen-bond acceptors (Lipinski definition) is 2. The minimum Gasteiger partial charge on any atom is -0.294 e. The van der Waals surface area contributed by atoms with Crippen LogP contribution in [0.25, 0.3) is 0 Å². The van der Waals surface area contributed by atoms with Crippen molar-refractivity contribution in [3.8, 4) is 0 Å². The molecule has 1 nitrogen and oxygen atoms in total. The van der Waals surface area contributed by atoms with Gasteiger partial charge in [0.2, 0.25) is 0 Å². The number of rotatable bonds is 5. The number of thiocarbonyl (C=S) groups is 1. The van der Waals surface area contributed by atoms with Gasteiger partial charge >= 0.3 is 0 Å². The quantitative estimate of drug-likeness (QED) is 0.598. The van der Waals surface area contributed by atoms with Gasteiger partial charge in [0, 0.05) is 17.4 Å². The Morgan fingerprint density at radius 3 is 2.53 bits per heavy atom. The van der Waals surface area contributed by atoms with Gasteiger partial charge in [0.15, 0.2) is 5.78 Å². The molecule has 0 N–H and O–H groups in total. The van der Waals surface area contributed by atoms with Gasteiger partial charge in [0.05, 0.1) is 0 Å². The van der Waals surface area contributed by atoms with Crippen LogP contribution in [0.5, 0.6) is 0 Å². The van der Waals surface area contributed by atoms with Gasteiger partial charge in [-0.15, -0.1) is 0 Å². The zero-order valence-electron chi connectivity index (χ0n) is 10.9. The summed E-state index contributed by atoms with van der Waals surface area (Å²) < 4.78 is 0. The van der Waals surface area contributed by atoms with Crippen LogP contribution in [0.3, 0.4) is 0 Å². The summed E-state index contributed by atoms with van der Waals surface area (Å²) in [6.07, 6.45) is 1.25. The van der Waals surface area contributed by atoms with E-state index in [4.69, 9.17) is 12.2 Å². The summed E-state index contributed by atoms with van der Waals surface area (Å²) in [5.74, 6) is 0.192. The van der Waals surface area contributed by atoms with E-state index < -0.39 is 0 Å². The Balaban J connectivity index is 2.09. The van der Waals surface area contributed by atoms with Crippen LogP contribution >= 0.6 is 12.2 Å². The zero-order valence-corrected chi connectivity index (χ0v) is 11.7. The van der Waals surface area contributed by atoms with E-state index in [0.717, 1.165) is 28.7 Å². The SMILES string of the molecule is Cc1ccccc1C(=O)CCc1ccccc1C=S. The van der Waals surface area contributed by atoms with Crippen LogP contribution in [0.2, 0.25) is 0 Å². The summed E-state index contributed by atoms with van der Waals surface area (Å²) in [6, 6.07) is 15.7. The molecule has 0 radical (unpaired) electrons. The van der Waals surface area contributed by atoms with Gasteiger partial charge in [0.25, 0.3) is 0 Å². The van der Waals surface area contributed by atoms with E-state index in [1.807, 2.05) is 55.5 Å². The molecule has 0 heterocycles. The second-order valence-corrected chi connectivity index (χ2v) is 4.79. The predicted octanol–water partition coefficient (Wildman–Crippen LogP) is 4.16. The zero-order chi connectivity index (χ0) is 13.7. The largest absolute Gasteiger partial charge is 0.294 e. The van der Waals surface area contributed by atoms with Crippen LogP contribution < -0.4 is 0 Å². The normalized spacial score (nSPS) is 10.2. The number of carbonyl (C=O) groups excluding carboxylic acids is 1. The molecule has 2 rings (SSSR count). The van der Waals surface area contributed by atoms with Gasteiger partial charge in [-0.3, -0.25) is 4.79 Å². The topological polar surface area (TPSA) is 17.1 Å². The van der Waals surface area contributed by atoms with Gasteiger partial charge in [0.1, 0.15) is 0 Å². The molecule has 0 aromatic heterocycles. The van der Waals surface area contributed by atoms with Crippen molar-refractivity contribution in [3.05, 3.63) is 70.8 Å². The molecule has 0 atom stereocenters. The second kappa shape index (κ2) is 6.39. The van der Waals surface area contributed by atoms with Gasteiger partial charge in [-0.2, -0.15) is 0 Å². The van der Waals surface area contributed by atoms with Crippen molar-refractivity contribution in [2.24, 2.45) is 0 Å². The Hall–Kier alpha value is -1.80. The smallest absolute Gasteiger partial charge is 0.163 e. The number of carbonyl (C=O) groups is 1. The monoisotopic (exact) mass is 268 g/mol. The van der Waals surface area contributed by atoms with E-state index in [0.29, 0.717) is 6.42 Å². The Labute approximate surface area is 119 Å². The van der Waals surface area contributed by atoms with Crippen molar-refractivity contribution in [2.45, 2.75) is 19.8 Å². The molecule has 2 aromatic rings. The Kier molecular flexibility index (Phi) is 4.58. The standard InChI is InChI=1S/C17H16OS/c1-13-6-2-5-9-16(13)17(18)11-10-14-7-3-4-8-15(14)12-19/h2-9,12H,10-11H2,1H3. The lowest BCUT2D eigenvalue weighted by Gasteiger charge is -2.06. The van der Waals surface area contributed by atoms with Crippen LogP contribution in [0, 0.1) is 6.92 Å². The molecule has 0 aliphatic carbocycles. The number of hydrogen-bond donors (Lipinski definition) is 0. The fourth-order valence-electron chi connectivity index (χ4n) is 2.15. The van der Waals surface area contributed by atoms with Crippen molar-refractivity contribution >= 4 is 23.4 Å². The molecule has 0 aliphatic rings. The van der Waals surface area contributed by atoms with E-state index in [2.05, 4.69) is 0 Å². The average Bonchev–Trinajstić information content (AvgIpc) is 2.45. The summed E-state index contributed by atoms with van der Waals surface area (Å²) in [5, 5.41) is 1.67. The molecular formula is C17H16OS. The molecule has 0 spiro atoms. The van der Waals surface area contributed by atoms with Crippen LogP contribution in [-0.4, -0.2) is 11.2 Å². The van der Waals surface area contributed by atoms with Gasteiger partial charge in [-0.25, -0.2) is 0 Å². The summed E-state index contributed by atoms with van der Waals surface area (Å²) in [4.78, 5) is 12.2. The molecule has 2 aromatic carbocycles. The highest BCUT2D eigenvalue weighted by molar-refractivity contribution is 7.79. The van der Waals surface area contributed by atoms with Crippen LogP contribution in [0.4, 0.5) is 0 Å². The highest BCUT2D eigenvalue weighted by Gasteiger charge is 2.09. The average molecular weight is 268 g/mol. The molecule has 2 heteroatoms. The van der Waals surface area contributed by atoms with E-state index in [1.165, 1.54) is 0 Å². The first kappa shape index (κ1) is 13.6. The number of Topliss-reactive ketones (excluding diaryl/α,β-unsaturated/α-hetero) is 1. The summed E-state index contributed by atoms with van der Waals surface area (Å²) >= 11 is 4.99. The molecule has 0 saturated heterocycles. The maximum atomic E-state index is 12.2. The van der Waals surface area contributed by atoms with Crippen LogP contribution in [0.1, 0.15) is 33.5 Å². The molecule has 0 aliphatic heterocycles. The maximum Gasteiger partial charge on any atom is 0.163 e. The Morgan fingerprint density at radius 1 is 1.11 bits per heavy atom. The highest BCUT2D eigenvalue weighted by atomic mass is 32.1. The second-order valence-electron chi connectivity index (χ2n) is 4.55. The fourth-order valence-corrected chi connectivity index (χ4v) is 2.38. The van der Waals surface area contributed by atoms with E-state index in [-0.39, 0.29) is 5.78 Å². The van der Waals surface area contributed by atoms with Crippen molar-refractivity contribution in [2.75, 3.05) is 0 Å². The lowest BCUT2D eigenvalue weighted by atomic mass is 9.97. The lowest BCUT2D eigenvalue weighted by Crippen LogP contribution is -2.04. The first-order valence-electron chi connectivity index (χ1n) is 6.34. The number of aryl methyl sites for hydroxylation is 2. The van der Waals surface area contributed by atoms with Crippen LogP contribution in [-0.2, 0) is 6.42 Å². The van der Waals surface area contributed by atoms with Gasteiger partial charge in [-0.1, -0.05) is 60.7 Å². The molecule has 0 bridgehead atoms. The number of ketones is 1. The molecular weight excluding hydrogens is 252 g/mol. The fraction of sp³-hybridized carbons (Fsp3) is 0.176. The van der Waals surface area contributed by atoms with E-state index in [9.17, 15) is 4.79 Å². The Bertz CT molecular complexity index is 602. The van der Waals surface area contributed by atoms with Crippen LogP contribution in [0.15, 0.2) is 48.5 Å². The summed E-state index contributed by atoms with van der Waals surface area (Å²) in [5.41, 5.74) is 4.03. The van der Waals surface area contributed by atoms with Crippen molar-refractivity contribution in [1.29, 1.82) is 0 Å². The van der Waals surface area contributed by atoms with E-state index in [1.54, 1.807) is 5.37 Å². The third-order valence-corrected chi connectivity index (χ3v) is 3.50. The van der Waals surface area contributed by atoms with Gasteiger partial charge in [-0.05, 0) is 30.0 Å². The van der Waals surface area contributed by atoms with Crippen molar-refractivity contribution in [3.63, 3.8) is 0 Å². The highest BCUT2D eigenvalue weighted by Crippen LogP contribution is 2.14. The minimum atomic E-state index is 0.192. The van der Waals surface area contributed by atoms with E-state index >= 15 is 0 Å². The first-order chi connectivity index (χ1) is 9.22. The molecule has 96 valence electrons. The summed E-state index contributed by atoms with van der Waals surface area (Å²) in [7, 11) is 0. The van der Waals surface area contributed by atoms with Crippen molar-refractivity contribution < 1.29 is 4.79 Å². The Morgan fingerprint density at radius 2 is 1.79 bits per heavy atom. The molecule has 0 unspecified atom stereocenters. The molecule has 0 amide bonds. The number of benzene rings is 2.